The number of hydrogen-bond acceptors (Lipinski definition) is 2. The van der Waals surface area contributed by atoms with Gasteiger partial charge in [-0.15, -0.1) is 0 Å². The average molecular weight is 145 g/mol. The topological polar surface area (TPSA) is 21.3 Å². The highest BCUT2D eigenvalue weighted by Crippen LogP contribution is 2.17. The average Bonchev–Trinajstić information content (AvgIpc) is 2.01. The molecule has 0 radical (unpaired) electrons. The largest absolute Gasteiger partial charge is 0.377 e. The van der Waals surface area contributed by atoms with E-state index < -0.39 is 0 Å². The fourth-order valence-electron chi connectivity index (χ4n) is 1.18. The minimum absolute atomic E-state index is 0.0642. The van der Waals surface area contributed by atoms with Crippen molar-refractivity contribution in [1.29, 1.82) is 0 Å². The first kappa shape index (κ1) is 9.92. The van der Waals surface area contributed by atoms with Crippen LogP contribution in [0.3, 0.4) is 0 Å². The molecule has 62 valence electrons. The Hall–Kier alpha value is -0.0800. The number of nitrogens with one attached hydrogen (secondary N) is 1. The van der Waals surface area contributed by atoms with Crippen molar-refractivity contribution in [3.8, 4) is 0 Å². The lowest BCUT2D eigenvalue weighted by molar-refractivity contribution is -0.0142. The lowest BCUT2D eigenvalue weighted by atomic mass is 9.97. The van der Waals surface area contributed by atoms with Gasteiger partial charge in [0.25, 0.3) is 0 Å². The Morgan fingerprint density at radius 2 is 1.80 bits per heavy atom. The normalized spacial score (nSPS) is 12.0. The van der Waals surface area contributed by atoms with E-state index in [1.165, 1.54) is 0 Å². The lowest BCUT2D eigenvalue weighted by Gasteiger charge is -2.29. The molecule has 0 fully saturated rings. The molecule has 0 aliphatic rings. The molecule has 0 aliphatic heterocycles. The van der Waals surface area contributed by atoms with Crippen molar-refractivity contribution < 1.29 is 4.74 Å². The van der Waals surface area contributed by atoms with Crippen LogP contribution < -0.4 is 5.32 Å². The van der Waals surface area contributed by atoms with Crippen LogP contribution in [0.5, 0.6) is 0 Å². The van der Waals surface area contributed by atoms with E-state index >= 15 is 0 Å². The molecule has 0 aromatic heterocycles. The van der Waals surface area contributed by atoms with Crippen molar-refractivity contribution in [2.75, 3.05) is 20.7 Å². The quantitative estimate of drug-likeness (QED) is 0.631. The van der Waals surface area contributed by atoms with Crippen LogP contribution in [0.25, 0.3) is 0 Å². The van der Waals surface area contributed by atoms with Crippen LogP contribution in [-0.2, 0) is 4.74 Å². The molecule has 0 unspecified atom stereocenters. The first-order valence-electron chi connectivity index (χ1n) is 3.94. The van der Waals surface area contributed by atoms with E-state index in [0.29, 0.717) is 0 Å². The fraction of sp³-hybridized carbons (Fsp3) is 1.00. The zero-order valence-electron chi connectivity index (χ0n) is 7.53. The number of likely N-dealkylation sites (N-methyl/N-ethyl adjacent to an activating group) is 1. The summed E-state index contributed by atoms with van der Waals surface area (Å²) in [6.07, 6.45) is 2.14. The molecule has 0 bridgehead atoms. The summed E-state index contributed by atoms with van der Waals surface area (Å²) in [5, 5.41) is 3.14. The summed E-state index contributed by atoms with van der Waals surface area (Å²) in [7, 11) is 3.74. The van der Waals surface area contributed by atoms with Crippen LogP contribution >= 0.6 is 0 Å². The van der Waals surface area contributed by atoms with Crippen LogP contribution in [0.2, 0.25) is 0 Å². The van der Waals surface area contributed by atoms with E-state index in [0.717, 1.165) is 19.4 Å². The standard InChI is InChI=1S/C8H19NO/c1-5-8(6-2,10-4)7-9-3/h9H,5-7H2,1-4H3. The van der Waals surface area contributed by atoms with E-state index in [-0.39, 0.29) is 5.60 Å². The molecule has 0 saturated heterocycles. The summed E-state index contributed by atoms with van der Waals surface area (Å²) in [6, 6.07) is 0. The zero-order valence-corrected chi connectivity index (χ0v) is 7.53. The molecule has 0 atom stereocenters. The van der Waals surface area contributed by atoms with Gasteiger partial charge in [-0.1, -0.05) is 13.8 Å². The third-order valence-corrected chi connectivity index (χ3v) is 2.22. The first-order valence-corrected chi connectivity index (χ1v) is 3.94. The van der Waals surface area contributed by atoms with E-state index in [1.807, 2.05) is 7.05 Å². The van der Waals surface area contributed by atoms with Crippen LogP contribution in [0.15, 0.2) is 0 Å². The third kappa shape index (κ3) is 2.27. The second-order valence-corrected chi connectivity index (χ2v) is 2.62. The highest BCUT2D eigenvalue weighted by Gasteiger charge is 2.23. The minimum Gasteiger partial charge on any atom is -0.377 e. The summed E-state index contributed by atoms with van der Waals surface area (Å²) in [6.45, 7) is 5.26. The van der Waals surface area contributed by atoms with Crippen LogP contribution in [0, 0.1) is 0 Å². The van der Waals surface area contributed by atoms with Gasteiger partial charge < -0.3 is 10.1 Å². The minimum atomic E-state index is 0.0642. The van der Waals surface area contributed by atoms with Gasteiger partial charge in [0.15, 0.2) is 0 Å². The summed E-state index contributed by atoms with van der Waals surface area (Å²) < 4.78 is 5.41. The molecule has 10 heavy (non-hydrogen) atoms. The van der Waals surface area contributed by atoms with Gasteiger partial charge >= 0.3 is 0 Å². The second kappa shape index (κ2) is 4.69. The molecular formula is C8H19NO. The van der Waals surface area contributed by atoms with Gasteiger partial charge in [0.2, 0.25) is 0 Å². The van der Waals surface area contributed by atoms with Crippen molar-refractivity contribution in [1.82, 2.24) is 5.32 Å². The fourth-order valence-corrected chi connectivity index (χ4v) is 1.18. The van der Waals surface area contributed by atoms with Gasteiger partial charge in [0.05, 0.1) is 5.60 Å². The Bertz CT molecular complexity index is 71.1. The number of methoxy groups -OCH3 is 1. The molecule has 0 spiro atoms. The van der Waals surface area contributed by atoms with Crippen LogP contribution in [0.1, 0.15) is 26.7 Å². The third-order valence-electron chi connectivity index (χ3n) is 2.22. The number of hydrogen-bond donors (Lipinski definition) is 1. The predicted molar refractivity (Wildman–Crippen MR) is 44.2 cm³/mol. The highest BCUT2D eigenvalue weighted by molar-refractivity contribution is 4.78. The van der Waals surface area contributed by atoms with Crippen molar-refractivity contribution in [3.05, 3.63) is 0 Å². The van der Waals surface area contributed by atoms with Crippen molar-refractivity contribution >= 4 is 0 Å². The molecule has 0 aliphatic carbocycles. The highest BCUT2D eigenvalue weighted by atomic mass is 16.5. The Morgan fingerprint density at radius 1 is 1.30 bits per heavy atom. The molecule has 0 saturated carbocycles. The summed E-state index contributed by atoms with van der Waals surface area (Å²) in [5.74, 6) is 0. The number of ether oxygens (including phenoxy) is 1. The van der Waals surface area contributed by atoms with Gasteiger partial charge in [-0.3, -0.25) is 0 Å². The first-order chi connectivity index (χ1) is 4.74. The van der Waals surface area contributed by atoms with E-state index in [9.17, 15) is 0 Å². The molecular weight excluding hydrogens is 126 g/mol. The maximum absolute atomic E-state index is 5.41. The molecule has 0 aromatic rings. The predicted octanol–water partition coefficient (Wildman–Crippen LogP) is 1.41. The Morgan fingerprint density at radius 3 is 1.90 bits per heavy atom. The molecule has 0 aromatic carbocycles. The Kier molecular flexibility index (Phi) is 4.65. The summed E-state index contributed by atoms with van der Waals surface area (Å²) in [4.78, 5) is 0. The molecule has 0 heterocycles. The monoisotopic (exact) mass is 145 g/mol. The maximum Gasteiger partial charge on any atom is 0.0797 e. The number of rotatable bonds is 5. The van der Waals surface area contributed by atoms with Crippen LogP contribution in [0.4, 0.5) is 0 Å². The maximum atomic E-state index is 5.41. The van der Waals surface area contributed by atoms with Crippen LogP contribution in [-0.4, -0.2) is 26.3 Å². The smallest absolute Gasteiger partial charge is 0.0797 e. The lowest BCUT2D eigenvalue weighted by Crippen LogP contribution is -2.39. The SMILES string of the molecule is CCC(CC)(CNC)OC. The van der Waals surface area contributed by atoms with E-state index in [1.54, 1.807) is 7.11 Å². The van der Waals surface area contributed by atoms with Gasteiger partial charge in [0.1, 0.15) is 0 Å². The molecule has 2 nitrogen and oxygen atoms in total. The molecule has 0 amide bonds. The van der Waals surface area contributed by atoms with Gasteiger partial charge in [-0.25, -0.2) is 0 Å². The van der Waals surface area contributed by atoms with Crippen molar-refractivity contribution in [3.63, 3.8) is 0 Å². The van der Waals surface area contributed by atoms with Gasteiger partial charge in [-0.05, 0) is 19.9 Å². The Balaban J connectivity index is 3.87. The summed E-state index contributed by atoms with van der Waals surface area (Å²) in [5.41, 5.74) is 0.0642. The Labute approximate surface area is 64.0 Å². The molecule has 1 N–H and O–H groups in total. The second-order valence-electron chi connectivity index (χ2n) is 2.62. The van der Waals surface area contributed by atoms with Crippen molar-refractivity contribution in [2.24, 2.45) is 0 Å². The van der Waals surface area contributed by atoms with Crippen molar-refractivity contribution in [2.45, 2.75) is 32.3 Å². The molecule has 2 heteroatoms. The molecule has 0 rings (SSSR count). The van der Waals surface area contributed by atoms with Gasteiger partial charge in [-0.2, -0.15) is 0 Å². The summed E-state index contributed by atoms with van der Waals surface area (Å²) >= 11 is 0. The zero-order chi connectivity index (χ0) is 8.04. The van der Waals surface area contributed by atoms with Gasteiger partial charge in [0, 0.05) is 13.7 Å². The van der Waals surface area contributed by atoms with E-state index in [2.05, 4.69) is 19.2 Å². The van der Waals surface area contributed by atoms with E-state index in [4.69, 9.17) is 4.74 Å².